The fourth-order valence-electron chi connectivity index (χ4n) is 2.52. The number of nitrogens with two attached hydrogens (primary N) is 2. The number of aliphatic carboxylic acids is 1. The van der Waals surface area contributed by atoms with Crippen LogP contribution in [-0.2, 0) is 11.3 Å². The van der Waals surface area contributed by atoms with Crippen LogP contribution in [0, 0.1) is 0 Å². The molecule has 1 aromatic carbocycles. The maximum atomic E-state index is 11.5. The summed E-state index contributed by atoms with van der Waals surface area (Å²) in [5.41, 5.74) is 11.5. The molecule has 2 rings (SSSR count). The summed E-state index contributed by atoms with van der Waals surface area (Å²) in [4.78, 5) is 15.4. The fourth-order valence-corrected chi connectivity index (χ4v) is 3.09. The smallest absolute Gasteiger partial charge is 0.326 e. The van der Waals surface area contributed by atoms with E-state index in [0.717, 1.165) is 5.56 Å². The van der Waals surface area contributed by atoms with E-state index in [0.29, 0.717) is 41.8 Å². The Balaban J connectivity index is 2.05. The molecule has 9 heteroatoms. The summed E-state index contributed by atoms with van der Waals surface area (Å²) in [5.74, 6) is -0.248. The maximum Gasteiger partial charge on any atom is 0.326 e. The lowest BCUT2D eigenvalue weighted by Crippen LogP contribution is -2.30. The average molecular weight is 398 g/mol. The van der Waals surface area contributed by atoms with Gasteiger partial charge < -0.3 is 26.5 Å². The highest BCUT2D eigenvalue weighted by atomic mass is 35.5. The second-order valence-corrected chi connectivity index (χ2v) is 6.66. The van der Waals surface area contributed by atoms with Crippen LogP contribution in [0.15, 0.2) is 41.5 Å². The van der Waals surface area contributed by atoms with Crippen LogP contribution >= 0.6 is 23.2 Å². The zero-order valence-electron chi connectivity index (χ0n) is 14.0. The number of carboxylic acids is 1. The number of hydrogen-bond donors (Lipinski definition) is 4. The first-order valence-electron chi connectivity index (χ1n) is 8.00. The molecule has 1 heterocycles. The van der Waals surface area contributed by atoms with Crippen LogP contribution in [0.1, 0.15) is 18.4 Å². The van der Waals surface area contributed by atoms with Crippen LogP contribution in [0.5, 0.6) is 0 Å². The molecule has 0 saturated carbocycles. The number of benzene rings is 1. The molecule has 1 atom stereocenters. The van der Waals surface area contributed by atoms with Crippen LogP contribution in [0.3, 0.4) is 0 Å². The summed E-state index contributed by atoms with van der Waals surface area (Å²) in [6.45, 7) is 0.895. The van der Waals surface area contributed by atoms with Gasteiger partial charge in [0, 0.05) is 29.3 Å². The van der Waals surface area contributed by atoms with Crippen molar-refractivity contribution < 1.29 is 9.90 Å². The lowest BCUT2D eigenvalue weighted by atomic mass is 10.1. The molecule has 7 nitrogen and oxygen atoms in total. The topological polar surface area (TPSA) is 119 Å². The van der Waals surface area contributed by atoms with E-state index < -0.39 is 12.0 Å². The van der Waals surface area contributed by atoms with E-state index >= 15 is 0 Å². The predicted octanol–water partition coefficient (Wildman–Crippen LogP) is 2.76. The van der Waals surface area contributed by atoms with E-state index in [-0.39, 0.29) is 5.96 Å². The summed E-state index contributed by atoms with van der Waals surface area (Å²) in [7, 11) is 0. The molecule has 0 saturated heterocycles. The molecule has 0 aliphatic heterocycles. The third kappa shape index (κ3) is 6.16. The third-order valence-electron chi connectivity index (χ3n) is 3.67. The number of carbonyl (C=O) groups is 1. The van der Waals surface area contributed by atoms with Gasteiger partial charge in [-0.25, -0.2) is 4.79 Å². The number of halogens is 2. The molecular weight excluding hydrogens is 377 g/mol. The minimum Gasteiger partial charge on any atom is -0.480 e. The Kier molecular flexibility index (Phi) is 7.17. The van der Waals surface area contributed by atoms with Gasteiger partial charge in [-0.05, 0) is 48.7 Å². The van der Waals surface area contributed by atoms with E-state index in [9.17, 15) is 9.90 Å². The highest BCUT2D eigenvalue weighted by molar-refractivity contribution is 6.34. The number of aliphatic imine (C=N–C) groups is 1. The van der Waals surface area contributed by atoms with Gasteiger partial charge in [0.2, 0.25) is 0 Å². The molecule has 0 spiro atoms. The van der Waals surface area contributed by atoms with Gasteiger partial charge in [0.1, 0.15) is 11.9 Å². The molecule has 26 heavy (non-hydrogen) atoms. The first-order valence-corrected chi connectivity index (χ1v) is 8.75. The van der Waals surface area contributed by atoms with Crippen molar-refractivity contribution in [3.8, 4) is 0 Å². The zero-order valence-corrected chi connectivity index (χ0v) is 15.5. The molecule has 0 radical (unpaired) electrons. The Morgan fingerprint density at radius 1 is 1.27 bits per heavy atom. The molecule has 2 aromatic rings. The Morgan fingerprint density at radius 3 is 2.58 bits per heavy atom. The van der Waals surface area contributed by atoms with Crippen molar-refractivity contribution in [3.05, 3.63) is 52.1 Å². The molecule has 140 valence electrons. The minimum atomic E-state index is -0.937. The number of aromatic nitrogens is 1. The molecule has 6 N–H and O–H groups in total. The highest BCUT2D eigenvalue weighted by Crippen LogP contribution is 2.21. The molecule has 1 aromatic heterocycles. The zero-order chi connectivity index (χ0) is 19.1. The van der Waals surface area contributed by atoms with E-state index in [1.165, 1.54) is 0 Å². The van der Waals surface area contributed by atoms with Crippen molar-refractivity contribution in [2.75, 3.05) is 11.9 Å². The van der Waals surface area contributed by atoms with Gasteiger partial charge in [0.25, 0.3) is 0 Å². The van der Waals surface area contributed by atoms with Gasteiger partial charge in [-0.2, -0.15) is 0 Å². The minimum absolute atomic E-state index is 0.00102. The number of nitrogens with zero attached hydrogens (tertiary/aromatic N) is 2. The van der Waals surface area contributed by atoms with Gasteiger partial charge in [-0.15, -0.1) is 0 Å². The van der Waals surface area contributed by atoms with E-state index in [2.05, 4.69) is 10.3 Å². The molecular formula is C17H21Cl2N5O2. The molecule has 0 bridgehead atoms. The van der Waals surface area contributed by atoms with Crippen LogP contribution < -0.4 is 16.8 Å². The van der Waals surface area contributed by atoms with Crippen LogP contribution in [0.25, 0.3) is 0 Å². The quantitative estimate of drug-likeness (QED) is 0.294. The van der Waals surface area contributed by atoms with Crippen molar-refractivity contribution >= 4 is 40.9 Å². The third-order valence-corrected chi connectivity index (χ3v) is 4.11. The fraction of sp³-hybridized carbons (Fsp3) is 0.294. The molecule has 0 fully saturated rings. The number of carboxylic acid groups (broad SMARTS) is 1. The standard InChI is InChI=1S/C17H21Cl2N5O2/c18-12-7-11(8-13(19)9-12)10-24-6-2-4-15(24)23-14(16(25)26)3-1-5-22-17(20)21/h2,4,6-9,14,23H,1,3,5,10H2,(H,25,26)(H4,20,21,22)/t14-/m0/s1. The highest BCUT2D eigenvalue weighted by Gasteiger charge is 2.18. The van der Waals surface area contributed by atoms with Crippen molar-refractivity contribution in [3.63, 3.8) is 0 Å². The molecule has 0 unspecified atom stereocenters. The molecule has 0 amide bonds. The Bertz CT molecular complexity index is 767. The van der Waals surface area contributed by atoms with Crippen LogP contribution in [0.4, 0.5) is 5.82 Å². The second kappa shape index (κ2) is 9.35. The Hall–Kier alpha value is -2.38. The first-order chi connectivity index (χ1) is 12.3. The lowest BCUT2D eigenvalue weighted by Gasteiger charge is -2.17. The maximum absolute atomic E-state index is 11.5. The van der Waals surface area contributed by atoms with Crippen LogP contribution in [0.2, 0.25) is 10.0 Å². The molecule has 0 aliphatic carbocycles. The first kappa shape index (κ1) is 19.9. The van der Waals surface area contributed by atoms with Crippen molar-refractivity contribution in [2.24, 2.45) is 16.5 Å². The summed E-state index contributed by atoms with van der Waals surface area (Å²) in [5, 5.41) is 13.6. The number of rotatable bonds is 9. The summed E-state index contributed by atoms with van der Waals surface area (Å²) in [6, 6.07) is 8.21. The van der Waals surface area contributed by atoms with Crippen LogP contribution in [-0.4, -0.2) is 34.2 Å². The van der Waals surface area contributed by atoms with E-state index in [4.69, 9.17) is 34.7 Å². The number of hydrogen-bond acceptors (Lipinski definition) is 3. The predicted molar refractivity (Wildman–Crippen MR) is 105 cm³/mol. The van der Waals surface area contributed by atoms with E-state index in [1.54, 1.807) is 6.07 Å². The van der Waals surface area contributed by atoms with Gasteiger partial charge >= 0.3 is 5.97 Å². The number of anilines is 1. The van der Waals surface area contributed by atoms with Crippen molar-refractivity contribution in [1.82, 2.24) is 4.57 Å². The molecule has 0 aliphatic rings. The summed E-state index contributed by atoms with van der Waals surface area (Å²) < 4.78 is 1.90. The van der Waals surface area contributed by atoms with Crippen molar-refractivity contribution in [2.45, 2.75) is 25.4 Å². The summed E-state index contributed by atoms with van der Waals surface area (Å²) >= 11 is 12.1. The van der Waals surface area contributed by atoms with Gasteiger partial charge in [0.05, 0.1) is 0 Å². The average Bonchev–Trinajstić information content (AvgIpc) is 2.95. The Labute approximate surface area is 161 Å². The summed E-state index contributed by atoms with van der Waals surface area (Å²) in [6.07, 6.45) is 2.79. The SMILES string of the molecule is NC(N)=NCCC[C@H](Nc1cccn1Cc1cc(Cl)cc(Cl)c1)C(=O)O. The number of guanidine groups is 1. The normalized spacial score (nSPS) is 11.8. The van der Waals surface area contributed by atoms with Gasteiger partial charge in [-0.1, -0.05) is 23.2 Å². The van der Waals surface area contributed by atoms with Gasteiger partial charge in [-0.3, -0.25) is 4.99 Å². The largest absolute Gasteiger partial charge is 0.480 e. The van der Waals surface area contributed by atoms with E-state index in [1.807, 2.05) is 35.0 Å². The van der Waals surface area contributed by atoms with Gasteiger partial charge in [0.15, 0.2) is 5.96 Å². The number of nitrogens with one attached hydrogen (secondary N) is 1. The monoisotopic (exact) mass is 397 g/mol. The van der Waals surface area contributed by atoms with Crippen molar-refractivity contribution in [1.29, 1.82) is 0 Å². The second-order valence-electron chi connectivity index (χ2n) is 5.78. The Morgan fingerprint density at radius 2 is 1.96 bits per heavy atom. The lowest BCUT2D eigenvalue weighted by molar-refractivity contribution is -0.138.